The van der Waals surface area contributed by atoms with E-state index in [1.807, 2.05) is 48.5 Å². The van der Waals surface area contributed by atoms with Crippen molar-refractivity contribution in [3.05, 3.63) is 143 Å². The van der Waals surface area contributed by atoms with Gasteiger partial charge in [-0.1, -0.05) is 59.7 Å². The molecule has 0 aliphatic rings. The van der Waals surface area contributed by atoms with Gasteiger partial charge in [-0.15, -0.1) is 0 Å². The Morgan fingerprint density at radius 1 is 0.457 bits per heavy atom. The summed E-state index contributed by atoms with van der Waals surface area (Å²) >= 11 is 0. The van der Waals surface area contributed by atoms with E-state index in [-0.39, 0.29) is 0 Å². The third kappa shape index (κ3) is 3.99. The third-order valence-electron chi connectivity index (χ3n) is 8.87. The maximum atomic E-state index is 10.8. The summed E-state index contributed by atoms with van der Waals surface area (Å²) in [7, 11) is 0. The summed E-state index contributed by atoms with van der Waals surface area (Å²) in [5.41, 5.74) is 10.7. The molecule has 46 heavy (non-hydrogen) atoms. The Balaban J connectivity index is 1.55. The van der Waals surface area contributed by atoms with Gasteiger partial charge in [-0.05, 0) is 86.1 Å². The Hall–Kier alpha value is -6.61. The molecule has 0 fully saturated rings. The standard InChI is InChI=1S/C41H25N5/c1-25-11-13-38-34(15-25)31-7-3-5-9-36(31)45(38)40-21-33(29-18-27(22-42)17-28(19-29)23-43)41(20-30(40)24-44)46-37-10-6-4-8-32(37)35-16-26(2)12-14-39(35)46/h3-21H,1-2H3. The van der Waals surface area contributed by atoms with Crippen molar-refractivity contribution in [1.29, 1.82) is 15.8 Å². The number of aryl methyl sites for hydroxylation is 2. The van der Waals surface area contributed by atoms with Crippen LogP contribution in [0.5, 0.6) is 0 Å². The van der Waals surface area contributed by atoms with E-state index >= 15 is 0 Å². The minimum atomic E-state index is 0.399. The summed E-state index contributed by atoms with van der Waals surface area (Å²) in [5, 5.41) is 35.0. The number of fused-ring (bicyclic) bond motifs is 6. The molecule has 214 valence electrons. The van der Waals surface area contributed by atoms with Gasteiger partial charge in [-0.3, -0.25) is 0 Å². The molecule has 5 heteroatoms. The molecule has 0 radical (unpaired) electrons. The Labute approximate surface area is 265 Å². The van der Waals surface area contributed by atoms with Crippen LogP contribution in [0.4, 0.5) is 0 Å². The number of hydrogen-bond donors (Lipinski definition) is 0. The van der Waals surface area contributed by atoms with Crippen molar-refractivity contribution >= 4 is 43.6 Å². The number of hydrogen-bond acceptors (Lipinski definition) is 3. The number of para-hydroxylation sites is 2. The van der Waals surface area contributed by atoms with E-state index in [4.69, 9.17) is 0 Å². The van der Waals surface area contributed by atoms with Gasteiger partial charge in [-0.25, -0.2) is 0 Å². The van der Waals surface area contributed by atoms with Crippen molar-refractivity contribution in [2.45, 2.75) is 13.8 Å². The highest BCUT2D eigenvalue weighted by atomic mass is 15.0. The third-order valence-corrected chi connectivity index (χ3v) is 8.87. The predicted octanol–water partition coefficient (Wildman–Crippen LogP) is 9.78. The monoisotopic (exact) mass is 587 g/mol. The van der Waals surface area contributed by atoms with Gasteiger partial charge in [0.2, 0.25) is 0 Å². The molecule has 0 spiro atoms. The van der Waals surface area contributed by atoms with Crippen molar-refractivity contribution in [2.24, 2.45) is 0 Å². The van der Waals surface area contributed by atoms with E-state index < -0.39 is 0 Å². The molecule has 8 aromatic rings. The van der Waals surface area contributed by atoms with Crippen molar-refractivity contribution in [3.63, 3.8) is 0 Å². The number of benzene rings is 6. The predicted molar refractivity (Wildman–Crippen MR) is 184 cm³/mol. The molecule has 0 atom stereocenters. The molecule has 0 aliphatic carbocycles. The first-order valence-electron chi connectivity index (χ1n) is 15.0. The van der Waals surface area contributed by atoms with E-state index in [2.05, 4.69) is 102 Å². The maximum Gasteiger partial charge on any atom is 0.101 e. The largest absolute Gasteiger partial charge is 0.309 e. The van der Waals surface area contributed by atoms with Gasteiger partial charge < -0.3 is 9.13 Å². The van der Waals surface area contributed by atoms with Crippen LogP contribution in [0.3, 0.4) is 0 Å². The lowest BCUT2D eigenvalue weighted by Crippen LogP contribution is -2.04. The molecule has 0 amide bonds. The molecule has 6 aromatic carbocycles. The van der Waals surface area contributed by atoms with Crippen LogP contribution in [0.15, 0.2) is 115 Å². The Kier molecular flexibility index (Phi) is 6.01. The van der Waals surface area contributed by atoms with E-state index in [1.54, 1.807) is 6.07 Å². The van der Waals surface area contributed by atoms with E-state index in [0.717, 1.165) is 77.2 Å². The van der Waals surface area contributed by atoms with E-state index in [9.17, 15) is 15.8 Å². The summed E-state index contributed by atoms with van der Waals surface area (Å²) in [6.07, 6.45) is 0. The molecule has 0 unspecified atom stereocenters. The first-order chi connectivity index (χ1) is 22.5. The van der Waals surface area contributed by atoms with Gasteiger partial charge in [0.15, 0.2) is 0 Å². The average Bonchev–Trinajstić information content (AvgIpc) is 3.59. The molecule has 0 aliphatic heterocycles. The molecule has 0 saturated heterocycles. The molecule has 2 heterocycles. The van der Waals surface area contributed by atoms with Gasteiger partial charge in [0.1, 0.15) is 6.07 Å². The quantitative estimate of drug-likeness (QED) is 0.206. The van der Waals surface area contributed by atoms with E-state index in [1.165, 1.54) is 0 Å². The fraction of sp³-hybridized carbons (Fsp3) is 0.0488. The molecule has 0 bridgehead atoms. The highest BCUT2D eigenvalue weighted by Crippen LogP contribution is 2.41. The van der Waals surface area contributed by atoms with Crippen molar-refractivity contribution in [2.75, 3.05) is 0 Å². The second kappa shape index (κ2) is 10.2. The summed E-state index contributed by atoms with van der Waals surface area (Å²) in [6.45, 7) is 4.17. The minimum absolute atomic E-state index is 0.399. The van der Waals surface area contributed by atoms with Gasteiger partial charge in [-0.2, -0.15) is 15.8 Å². The summed E-state index contributed by atoms with van der Waals surface area (Å²) in [4.78, 5) is 0. The van der Waals surface area contributed by atoms with Crippen LogP contribution in [0, 0.1) is 47.8 Å². The second-order valence-corrected chi connectivity index (χ2v) is 11.8. The summed E-state index contributed by atoms with van der Waals surface area (Å²) < 4.78 is 4.36. The van der Waals surface area contributed by atoms with Gasteiger partial charge >= 0.3 is 0 Å². The van der Waals surface area contributed by atoms with Crippen LogP contribution in [-0.4, -0.2) is 9.13 Å². The van der Waals surface area contributed by atoms with Crippen LogP contribution in [-0.2, 0) is 0 Å². The lowest BCUT2D eigenvalue weighted by Gasteiger charge is -2.19. The zero-order valence-electron chi connectivity index (χ0n) is 25.2. The highest BCUT2D eigenvalue weighted by Gasteiger charge is 2.22. The van der Waals surface area contributed by atoms with Crippen LogP contribution >= 0.6 is 0 Å². The highest BCUT2D eigenvalue weighted by molar-refractivity contribution is 6.11. The normalized spacial score (nSPS) is 11.2. The number of nitrogens with zero attached hydrogens (tertiary/aromatic N) is 5. The molecule has 2 aromatic heterocycles. The molecule has 0 N–H and O–H groups in total. The van der Waals surface area contributed by atoms with Crippen molar-refractivity contribution in [3.8, 4) is 40.7 Å². The van der Waals surface area contributed by atoms with Crippen LogP contribution < -0.4 is 0 Å². The average molecular weight is 588 g/mol. The number of rotatable bonds is 3. The van der Waals surface area contributed by atoms with Gasteiger partial charge in [0.05, 0.1) is 62.3 Å². The fourth-order valence-corrected chi connectivity index (χ4v) is 6.87. The van der Waals surface area contributed by atoms with Crippen molar-refractivity contribution in [1.82, 2.24) is 9.13 Å². The fourth-order valence-electron chi connectivity index (χ4n) is 6.87. The number of nitriles is 3. The maximum absolute atomic E-state index is 10.8. The topological polar surface area (TPSA) is 81.2 Å². The summed E-state index contributed by atoms with van der Waals surface area (Å²) in [5.74, 6) is 0. The second-order valence-electron chi connectivity index (χ2n) is 11.8. The Morgan fingerprint density at radius 2 is 0.957 bits per heavy atom. The van der Waals surface area contributed by atoms with Gasteiger partial charge in [0.25, 0.3) is 0 Å². The SMILES string of the molecule is Cc1ccc2c(c1)c1ccccc1n2-c1cc(-c2cc(C#N)cc(C#N)c2)c(-n2c3ccccc3c3cc(C)ccc32)cc1C#N. The lowest BCUT2D eigenvalue weighted by atomic mass is 9.96. The first-order valence-corrected chi connectivity index (χ1v) is 15.0. The zero-order valence-corrected chi connectivity index (χ0v) is 25.2. The van der Waals surface area contributed by atoms with Crippen LogP contribution in [0.25, 0.3) is 66.1 Å². The molecule has 5 nitrogen and oxygen atoms in total. The Morgan fingerprint density at radius 3 is 1.48 bits per heavy atom. The van der Waals surface area contributed by atoms with E-state index in [0.29, 0.717) is 16.7 Å². The molecular formula is C41H25N5. The van der Waals surface area contributed by atoms with Crippen LogP contribution in [0.2, 0.25) is 0 Å². The van der Waals surface area contributed by atoms with Crippen molar-refractivity contribution < 1.29 is 0 Å². The van der Waals surface area contributed by atoms with Crippen LogP contribution in [0.1, 0.15) is 27.8 Å². The molecular weight excluding hydrogens is 562 g/mol. The lowest BCUT2D eigenvalue weighted by molar-refractivity contribution is 1.13. The Bertz CT molecular complexity index is 2670. The zero-order chi connectivity index (χ0) is 31.5. The first kappa shape index (κ1) is 27.0. The minimum Gasteiger partial charge on any atom is -0.309 e. The molecule has 0 saturated carbocycles. The van der Waals surface area contributed by atoms with Gasteiger partial charge in [0, 0.05) is 27.1 Å². The number of aromatic nitrogens is 2. The smallest absolute Gasteiger partial charge is 0.101 e. The summed E-state index contributed by atoms with van der Waals surface area (Å²) in [6, 6.07) is 45.6. The molecule has 8 rings (SSSR count).